The van der Waals surface area contributed by atoms with Gasteiger partial charge in [0.15, 0.2) is 5.78 Å². The Morgan fingerprint density at radius 3 is 2.37 bits per heavy atom. The van der Waals surface area contributed by atoms with Gasteiger partial charge in [-0.1, -0.05) is 12.1 Å². The Bertz CT molecular complexity index is 786. The highest BCUT2D eigenvalue weighted by Gasteiger charge is 2.30. The molecule has 0 aliphatic rings. The van der Waals surface area contributed by atoms with E-state index in [1.165, 1.54) is 12.1 Å². The van der Waals surface area contributed by atoms with Gasteiger partial charge in [-0.3, -0.25) is 9.59 Å². The van der Waals surface area contributed by atoms with Crippen molar-refractivity contribution in [3.05, 3.63) is 65.2 Å². The lowest BCUT2D eigenvalue weighted by Gasteiger charge is -2.09. The first kappa shape index (κ1) is 20.5. The third-order valence-corrected chi connectivity index (χ3v) is 3.81. The number of Topliss-reactive ketones (excluding diaryl/α,β-unsaturated/α-hetero) is 1. The van der Waals surface area contributed by atoms with E-state index in [-0.39, 0.29) is 25.2 Å². The van der Waals surface area contributed by atoms with E-state index >= 15 is 0 Å². The van der Waals surface area contributed by atoms with Gasteiger partial charge in [-0.2, -0.15) is 13.2 Å². The molecule has 27 heavy (non-hydrogen) atoms. The van der Waals surface area contributed by atoms with Gasteiger partial charge < -0.3 is 10.1 Å². The summed E-state index contributed by atoms with van der Waals surface area (Å²) in [6.07, 6.45) is -4.45. The molecular weight excluding hydrogens is 359 g/mol. The molecule has 144 valence electrons. The Hall–Kier alpha value is -2.83. The first-order valence-electron chi connectivity index (χ1n) is 8.48. The second-order valence-electron chi connectivity index (χ2n) is 5.86. The van der Waals surface area contributed by atoms with Crippen molar-refractivity contribution in [2.24, 2.45) is 0 Å². The minimum atomic E-state index is -4.43. The van der Waals surface area contributed by atoms with Gasteiger partial charge in [0, 0.05) is 24.9 Å². The van der Waals surface area contributed by atoms with Crippen LogP contribution in [0.3, 0.4) is 0 Å². The summed E-state index contributed by atoms with van der Waals surface area (Å²) in [6, 6.07) is 11.4. The van der Waals surface area contributed by atoms with Crippen molar-refractivity contribution in [3.63, 3.8) is 0 Å². The highest BCUT2D eigenvalue weighted by molar-refractivity contribution is 5.98. The van der Waals surface area contributed by atoms with Crippen LogP contribution in [0.2, 0.25) is 0 Å². The van der Waals surface area contributed by atoms with Crippen LogP contribution in [0.5, 0.6) is 5.75 Å². The topological polar surface area (TPSA) is 55.4 Å². The van der Waals surface area contributed by atoms with Gasteiger partial charge in [0.05, 0.1) is 12.2 Å². The first-order valence-corrected chi connectivity index (χ1v) is 8.48. The van der Waals surface area contributed by atoms with Crippen LogP contribution in [0.1, 0.15) is 41.3 Å². The summed E-state index contributed by atoms with van der Waals surface area (Å²) in [7, 11) is 0. The number of benzene rings is 2. The molecule has 0 aliphatic heterocycles. The molecule has 0 aliphatic carbocycles. The van der Waals surface area contributed by atoms with Crippen molar-refractivity contribution in [2.75, 3.05) is 6.61 Å². The molecule has 0 saturated carbocycles. The first-order chi connectivity index (χ1) is 12.8. The molecule has 0 bridgehead atoms. The molecule has 0 spiro atoms. The number of hydrogen-bond acceptors (Lipinski definition) is 3. The van der Waals surface area contributed by atoms with E-state index in [1.807, 2.05) is 6.92 Å². The molecule has 0 saturated heterocycles. The monoisotopic (exact) mass is 379 g/mol. The average molecular weight is 379 g/mol. The SMILES string of the molecule is CCOc1ccc(C(=O)CCC(=O)NCc2cccc(C(F)(F)F)c2)cc1. The number of ketones is 1. The summed E-state index contributed by atoms with van der Waals surface area (Å²) in [5.41, 5.74) is 0.0556. The zero-order valence-corrected chi connectivity index (χ0v) is 14.8. The zero-order valence-electron chi connectivity index (χ0n) is 14.8. The Morgan fingerprint density at radius 1 is 1.04 bits per heavy atom. The van der Waals surface area contributed by atoms with Crippen LogP contribution < -0.4 is 10.1 Å². The van der Waals surface area contributed by atoms with Gasteiger partial charge in [0.1, 0.15) is 5.75 Å². The Kier molecular flexibility index (Phi) is 6.98. The normalized spacial score (nSPS) is 11.1. The Morgan fingerprint density at radius 2 is 1.74 bits per heavy atom. The van der Waals surface area contributed by atoms with Crippen molar-refractivity contribution >= 4 is 11.7 Å². The van der Waals surface area contributed by atoms with Crippen LogP contribution in [-0.4, -0.2) is 18.3 Å². The summed E-state index contributed by atoms with van der Waals surface area (Å²) in [4.78, 5) is 24.0. The predicted molar refractivity (Wildman–Crippen MR) is 94.5 cm³/mol. The van der Waals surface area contributed by atoms with Crippen molar-refractivity contribution in [2.45, 2.75) is 32.5 Å². The molecule has 0 unspecified atom stereocenters. The molecule has 7 heteroatoms. The van der Waals surface area contributed by atoms with E-state index < -0.39 is 17.6 Å². The van der Waals surface area contributed by atoms with Gasteiger partial charge in [-0.15, -0.1) is 0 Å². The smallest absolute Gasteiger partial charge is 0.416 e. The third-order valence-electron chi connectivity index (χ3n) is 3.81. The number of carbonyl (C=O) groups excluding carboxylic acids is 2. The largest absolute Gasteiger partial charge is 0.494 e. The van der Waals surface area contributed by atoms with Gasteiger partial charge >= 0.3 is 6.18 Å². The number of amides is 1. The molecule has 0 aromatic heterocycles. The molecule has 1 N–H and O–H groups in total. The summed E-state index contributed by atoms with van der Waals surface area (Å²) in [6.45, 7) is 2.36. The Balaban J connectivity index is 1.81. The van der Waals surface area contributed by atoms with E-state index in [9.17, 15) is 22.8 Å². The number of halogens is 3. The van der Waals surface area contributed by atoms with Crippen molar-refractivity contribution in [3.8, 4) is 5.75 Å². The second-order valence-corrected chi connectivity index (χ2v) is 5.86. The number of rotatable bonds is 8. The number of carbonyl (C=O) groups is 2. The summed E-state index contributed by atoms with van der Waals surface area (Å²) >= 11 is 0. The average Bonchev–Trinajstić information content (AvgIpc) is 2.65. The van der Waals surface area contributed by atoms with Gasteiger partial charge in [-0.05, 0) is 48.9 Å². The fraction of sp³-hybridized carbons (Fsp3) is 0.300. The fourth-order valence-corrected chi connectivity index (χ4v) is 2.42. The lowest BCUT2D eigenvalue weighted by molar-refractivity contribution is -0.137. The maximum Gasteiger partial charge on any atom is 0.416 e. The highest BCUT2D eigenvalue weighted by atomic mass is 19.4. The number of nitrogens with one attached hydrogen (secondary N) is 1. The lowest BCUT2D eigenvalue weighted by Crippen LogP contribution is -2.23. The number of hydrogen-bond donors (Lipinski definition) is 1. The molecule has 2 rings (SSSR count). The third kappa shape index (κ3) is 6.44. The molecule has 0 heterocycles. The summed E-state index contributed by atoms with van der Waals surface area (Å²) in [5.74, 6) is 0.0758. The van der Waals surface area contributed by atoms with E-state index in [2.05, 4.69) is 5.32 Å². The van der Waals surface area contributed by atoms with Crippen LogP contribution in [0.25, 0.3) is 0 Å². The maximum absolute atomic E-state index is 12.7. The van der Waals surface area contributed by atoms with Crippen molar-refractivity contribution < 1.29 is 27.5 Å². The van der Waals surface area contributed by atoms with Crippen LogP contribution >= 0.6 is 0 Å². The van der Waals surface area contributed by atoms with Crippen LogP contribution in [0, 0.1) is 0 Å². The van der Waals surface area contributed by atoms with E-state index in [0.717, 1.165) is 12.1 Å². The molecule has 0 fully saturated rings. The maximum atomic E-state index is 12.7. The molecule has 0 radical (unpaired) electrons. The second kappa shape index (κ2) is 9.21. The summed E-state index contributed by atoms with van der Waals surface area (Å²) < 4.78 is 43.3. The predicted octanol–water partition coefficient (Wildman–Crippen LogP) is 4.38. The highest BCUT2D eigenvalue weighted by Crippen LogP contribution is 2.29. The van der Waals surface area contributed by atoms with E-state index in [0.29, 0.717) is 23.5 Å². The van der Waals surface area contributed by atoms with Gasteiger partial charge in [0.25, 0.3) is 0 Å². The number of alkyl halides is 3. The number of ether oxygens (including phenoxy) is 1. The minimum Gasteiger partial charge on any atom is -0.494 e. The van der Waals surface area contributed by atoms with Gasteiger partial charge in [0.2, 0.25) is 5.91 Å². The summed E-state index contributed by atoms with van der Waals surface area (Å²) in [5, 5.41) is 2.53. The molecular formula is C20H20F3NO3. The molecule has 2 aromatic carbocycles. The Labute approximate surface area is 155 Å². The standard InChI is InChI=1S/C20H20F3NO3/c1-2-27-17-8-6-15(7-9-17)18(25)10-11-19(26)24-13-14-4-3-5-16(12-14)20(21,22)23/h3-9,12H,2,10-11,13H2,1H3,(H,24,26). The molecule has 2 aromatic rings. The van der Waals surface area contributed by atoms with Crippen LogP contribution in [0.15, 0.2) is 48.5 Å². The molecule has 4 nitrogen and oxygen atoms in total. The van der Waals surface area contributed by atoms with Crippen molar-refractivity contribution in [1.29, 1.82) is 0 Å². The minimum absolute atomic E-state index is 0.0163. The molecule has 1 amide bonds. The van der Waals surface area contributed by atoms with E-state index in [1.54, 1.807) is 24.3 Å². The molecule has 0 atom stereocenters. The zero-order chi connectivity index (χ0) is 19.9. The lowest BCUT2D eigenvalue weighted by atomic mass is 10.1. The van der Waals surface area contributed by atoms with Crippen LogP contribution in [-0.2, 0) is 17.5 Å². The fourth-order valence-electron chi connectivity index (χ4n) is 2.42. The van der Waals surface area contributed by atoms with Crippen LogP contribution in [0.4, 0.5) is 13.2 Å². The van der Waals surface area contributed by atoms with Gasteiger partial charge in [-0.25, -0.2) is 0 Å². The quantitative estimate of drug-likeness (QED) is 0.693. The van der Waals surface area contributed by atoms with Crippen molar-refractivity contribution in [1.82, 2.24) is 5.32 Å². The van der Waals surface area contributed by atoms with E-state index in [4.69, 9.17) is 4.74 Å².